The van der Waals surface area contributed by atoms with Crippen molar-refractivity contribution in [3.05, 3.63) is 29.8 Å². The van der Waals surface area contributed by atoms with Crippen LogP contribution in [0, 0.1) is 6.92 Å². The molecular formula is C12H19N3O. The van der Waals surface area contributed by atoms with Gasteiger partial charge >= 0.3 is 0 Å². The Hall–Kier alpha value is -1.71. The molecule has 0 saturated heterocycles. The van der Waals surface area contributed by atoms with E-state index in [4.69, 9.17) is 10.9 Å². The van der Waals surface area contributed by atoms with Crippen molar-refractivity contribution in [1.29, 1.82) is 0 Å². The molecule has 0 aliphatic rings. The zero-order valence-electron chi connectivity index (χ0n) is 10.0. The fourth-order valence-electron chi connectivity index (χ4n) is 1.73. The monoisotopic (exact) mass is 221 g/mol. The van der Waals surface area contributed by atoms with Crippen LogP contribution < -0.4 is 10.6 Å². The van der Waals surface area contributed by atoms with Gasteiger partial charge in [-0.05, 0) is 38.5 Å². The van der Waals surface area contributed by atoms with Crippen LogP contribution in [0.5, 0.6) is 0 Å². The van der Waals surface area contributed by atoms with Gasteiger partial charge < -0.3 is 15.8 Å². The fraction of sp³-hybridized carbons (Fsp3) is 0.417. The SMILES string of the molecule is CCN(c1cccc(C)c1)C(C)C(N)=NO. The molecule has 3 N–H and O–H groups in total. The molecule has 0 heterocycles. The Morgan fingerprint density at radius 3 is 2.75 bits per heavy atom. The van der Waals surface area contributed by atoms with Crippen molar-refractivity contribution in [1.82, 2.24) is 0 Å². The Bertz CT molecular complexity index is 376. The van der Waals surface area contributed by atoms with Crippen molar-refractivity contribution < 1.29 is 5.21 Å². The minimum atomic E-state index is -0.114. The van der Waals surface area contributed by atoms with Crippen molar-refractivity contribution in [3.63, 3.8) is 0 Å². The van der Waals surface area contributed by atoms with Gasteiger partial charge in [0.2, 0.25) is 0 Å². The van der Waals surface area contributed by atoms with Crippen LogP contribution in [-0.2, 0) is 0 Å². The molecule has 1 aromatic rings. The molecule has 1 atom stereocenters. The number of benzene rings is 1. The summed E-state index contributed by atoms with van der Waals surface area (Å²) in [5, 5.41) is 11.7. The van der Waals surface area contributed by atoms with Crippen LogP contribution in [-0.4, -0.2) is 23.6 Å². The van der Waals surface area contributed by atoms with Gasteiger partial charge in [0.1, 0.15) is 0 Å². The lowest BCUT2D eigenvalue weighted by molar-refractivity contribution is 0.316. The second-order valence-corrected chi connectivity index (χ2v) is 3.83. The van der Waals surface area contributed by atoms with Crippen molar-refractivity contribution >= 4 is 11.5 Å². The summed E-state index contributed by atoms with van der Waals surface area (Å²) in [6.45, 7) is 6.82. The largest absolute Gasteiger partial charge is 0.409 e. The highest BCUT2D eigenvalue weighted by Gasteiger charge is 2.16. The molecule has 4 nitrogen and oxygen atoms in total. The van der Waals surface area contributed by atoms with Crippen molar-refractivity contribution in [3.8, 4) is 0 Å². The smallest absolute Gasteiger partial charge is 0.161 e. The molecule has 0 fully saturated rings. The Morgan fingerprint density at radius 1 is 1.56 bits per heavy atom. The van der Waals surface area contributed by atoms with Crippen LogP contribution in [0.4, 0.5) is 5.69 Å². The van der Waals surface area contributed by atoms with Crippen molar-refractivity contribution in [2.24, 2.45) is 10.9 Å². The first kappa shape index (κ1) is 12.4. The van der Waals surface area contributed by atoms with E-state index in [0.29, 0.717) is 0 Å². The molecule has 0 aromatic heterocycles. The first-order chi connectivity index (χ1) is 7.60. The average molecular weight is 221 g/mol. The lowest BCUT2D eigenvalue weighted by atomic mass is 10.1. The van der Waals surface area contributed by atoms with Crippen LogP contribution in [0.3, 0.4) is 0 Å². The molecule has 4 heteroatoms. The molecular weight excluding hydrogens is 202 g/mol. The molecule has 0 saturated carbocycles. The number of anilines is 1. The minimum absolute atomic E-state index is 0.114. The number of aryl methyl sites for hydroxylation is 1. The first-order valence-electron chi connectivity index (χ1n) is 5.40. The zero-order valence-corrected chi connectivity index (χ0v) is 10.0. The second-order valence-electron chi connectivity index (χ2n) is 3.83. The molecule has 0 amide bonds. The lowest BCUT2D eigenvalue weighted by Gasteiger charge is -2.29. The van der Waals surface area contributed by atoms with Crippen molar-refractivity contribution in [2.45, 2.75) is 26.8 Å². The second kappa shape index (κ2) is 5.39. The third-order valence-corrected chi connectivity index (χ3v) is 2.69. The molecule has 88 valence electrons. The molecule has 0 bridgehead atoms. The predicted molar refractivity (Wildman–Crippen MR) is 67.1 cm³/mol. The highest BCUT2D eigenvalue weighted by atomic mass is 16.4. The number of nitrogens with zero attached hydrogens (tertiary/aromatic N) is 2. The van der Waals surface area contributed by atoms with Gasteiger partial charge in [-0.3, -0.25) is 0 Å². The quantitative estimate of drug-likeness (QED) is 0.353. The van der Waals surface area contributed by atoms with E-state index in [9.17, 15) is 0 Å². The third-order valence-electron chi connectivity index (χ3n) is 2.69. The molecule has 0 radical (unpaired) electrons. The number of hydrogen-bond acceptors (Lipinski definition) is 3. The topological polar surface area (TPSA) is 61.8 Å². The normalized spacial score (nSPS) is 13.6. The van der Waals surface area contributed by atoms with Crippen molar-refractivity contribution in [2.75, 3.05) is 11.4 Å². The first-order valence-corrected chi connectivity index (χ1v) is 5.40. The van der Waals surface area contributed by atoms with Crippen LogP contribution in [0.1, 0.15) is 19.4 Å². The maximum Gasteiger partial charge on any atom is 0.161 e. The summed E-state index contributed by atoms with van der Waals surface area (Å²) < 4.78 is 0. The predicted octanol–water partition coefficient (Wildman–Crippen LogP) is 1.96. The van der Waals surface area contributed by atoms with E-state index in [1.807, 2.05) is 39.0 Å². The number of rotatable bonds is 4. The molecule has 0 aliphatic carbocycles. The van der Waals surface area contributed by atoms with Crippen LogP contribution in [0.25, 0.3) is 0 Å². The summed E-state index contributed by atoms with van der Waals surface area (Å²) in [5.41, 5.74) is 7.91. The van der Waals surface area contributed by atoms with E-state index in [0.717, 1.165) is 12.2 Å². The van der Waals surface area contributed by atoms with E-state index in [1.54, 1.807) is 0 Å². The van der Waals surface area contributed by atoms with Gasteiger partial charge in [-0.2, -0.15) is 0 Å². The lowest BCUT2D eigenvalue weighted by Crippen LogP contribution is -2.43. The maximum atomic E-state index is 8.69. The Labute approximate surface area is 96.4 Å². The molecule has 1 aromatic carbocycles. The summed E-state index contributed by atoms with van der Waals surface area (Å²) in [6, 6.07) is 8.05. The summed E-state index contributed by atoms with van der Waals surface area (Å²) in [5.74, 6) is 0.225. The Balaban J connectivity index is 2.98. The van der Waals surface area contributed by atoms with E-state index in [1.165, 1.54) is 5.56 Å². The van der Waals surface area contributed by atoms with E-state index < -0.39 is 0 Å². The van der Waals surface area contributed by atoms with Gasteiger partial charge in [0.15, 0.2) is 5.84 Å². The number of amidine groups is 1. The van der Waals surface area contributed by atoms with Gasteiger partial charge in [-0.1, -0.05) is 17.3 Å². The fourth-order valence-corrected chi connectivity index (χ4v) is 1.73. The van der Waals surface area contributed by atoms with E-state index in [-0.39, 0.29) is 11.9 Å². The zero-order chi connectivity index (χ0) is 12.1. The highest BCUT2D eigenvalue weighted by molar-refractivity contribution is 5.88. The van der Waals surface area contributed by atoms with Crippen LogP contribution in [0.2, 0.25) is 0 Å². The van der Waals surface area contributed by atoms with Gasteiger partial charge in [0.05, 0.1) is 6.04 Å². The molecule has 1 rings (SSSR count). The summed E-state index contributed by atoms with van der Waals surface area (Å²) >= 11 is 0. The minimum Gasteiger partial charge on any atom is -0.409 e. The highest BCUT2D eigenvalue weighted by Crippen LogP contribution is 2.18. The van der Waals surface area contributed by atoms with Gasteiger partial charge in [0, 0.05) is 12.2 Å². The summed E-state index contributed by atoms with van der Waals surface area (Å²) in [6.07, 6.45) is 0. The summed E-state index contributed by atoms with van der Waals surface area (Å²) in [4.78, 5) is 2.09. The maximum absolute atomic E-state index is 8.69. The van der Waals surface area contributed by atoms with Crippen LogP contribution >= 0.6 is 0 Å². The number of nitrogens with two attached hydrogens (primary N) is 1. The number of oxime groups is 1. The number of hydrogen-bond donors (Lipinski definition) is 2. The average Bonchev–Trinajstić information content (AvgIpc) is 2.29. The summed E-state index contributed by atoms with van der Waals surface area (Å²) in [7, 11) is 0. The van der Waals surface area contributed by atoms with Gasteiger partial charge in [0.25, 0.3) is 0 Å². The molecule has 1 unspecified atom stereocenters. The number of likely N-dealkylation sites (N-methyl/N-ethyl adjacent to an activating group) is 1. The van der Waals surface area contributed by atoms with Gasteiger partial charge in [-0.15, -0.1) is 0 Å². The van der Waals surface area contributed by atoms with E-state index in [2.05, 4.69) is 16.1 Å². The van der Waals surface area contributed by atoms with Gasteiger partial charge in [-0.25, -0.2) is 0 Å². The Morgan fingerprint density at radius 2 is 2.25 bits per heavy atom. The Kier molecular flexibility index (Phi) is 4.17. The van der Waals surface area contributed by atoms with Crippen LogP contribution in [0.15, 0.2) is 29.4 Å². The molecule has 16 heavy (non-hydrogen) atoms. The molecule has 0 spiro atoms. The van der Waals surface area contributed by atoms with E-state index >= 15 is 0 Å². The standard InChI is InChI=1S/C12H19N3O/c1-4-15(10(3)12(13)14-16)11-7-5-6-9(2)8-11/h5-8,10,16H,4H2,1-3H3,(H2,13,14). The molecule has 0 aliphatic heterocycles. The third kappa shape index (κ3) is 2.66.